The van der Waals surface area contributed by atoms with E-state index in [1.165, 1.54) is 7.11 Å². The van der Waals surface area contributed by atoms with E-state index in [9.17, 15) is 4.79 Å². The highest BCUT2D eigenvalue weighted by atomic mass is 16.5. The highest BCUT2D eigenvalue weighted by Crippen LogP contribution is 2.24. The molecule has 1 unspecified atom stereocenters. The predicted octanol–water partition coefficient (Wildman–Crippen LogP) is 1.10. The van der Waals surface area contributed by atoms with Gasteiger partial charge in [-0.05, 0) is 18.6 Å². The highest BCUT2D eigenvalue weighted by molar-refractivity contribution is 5.80. The van der Waals surface area contributed by atoms with Gasteiger partial charge in [0, 0.05) is 6.07 Å². The van der Waals surface area contributed by atoms with E-state index in [0.29, 0.717) is 23.5 Å². The van der Waals surface area contributed by atoms with Gasteiger partial charge in [-0.2, -0.15) is 5.26 Å². The summed E-state index contributed by atoms with van der Waals surface area (Å²) in [7, 11) is 1.50. The molecule has 19 heavy (non-hydrogen) atoms. The van der Waals surface area contributed by atoms with Crippen LogP contribution in [0.5, 0.6) is 11.5 Å². The summed E-state index contributed by atoms with van der Waals surface area (Å²) in [6.07, 6.45) is 0.614. The number of nitrogens with one attached hydrogen (secondary N) is 1. The molecule has 0 fully saturated rings. The van der Waals surface area contributed by atoms with Crippen LogP contribution >= 0.6 is 0 Å². The normalized spacial score (nSPS) is 11.3. The average Bonchev–Trinajstić information content (AvgIpc) is 2.45. The van der Waals surface area contributed by atoms with E-state index in [2.05, 4.69) is 5.43 Å². The van der Waals surface area contributed by atoms with Crippen LogP contribution in [0.1, 0.15) is 25.3 Å². The van der Waals surface area contributed by atoms with E-state index in [-0.39, 0.29) is 0 Å². The third-order valence-electron chi connectivity index (χ3n) is 2.51. The number of nitrogens with two attached hydrogens (primary N) is 1. The van der Waals surface area contributed by atoms with E-state index in [4.69, 9.17) is 20.6 Å². The van der Waals surface area contributed by atoms with Crippen molar-refractivity contribution < 1.29 is 14.3 Å². The van der Waals surface area contributed by atoms with Gasteiger partial charge >= 0.3 is 0 Å². The van der Waals surface area contributed by atoms with E-state index in [1.807, 2.05) is 13.0 Å². The Balaban J connectivity index is 2.95. The van der Waals surface area contributed by atoms with Crippen LogP contribution in [-0.2, 0) is 4.79 Å². The molecule has 6 nitrogen and oxygen atoms in total. The summed E-state index contributed by atoms with van der Waals surface area (Å²) in [5.41, 5.74) is 2.47. The van der Waals surface area contributed by atoms with Gasteiger partial charge in [-0.25, -0.2) is 5.84 Å². The quantitative estimate of drug-likeness (QED) is 0.455. The summed E-state index contributed by atoms with van der Waals surface area (Å²) in [4.78, 5) is 11.6. The van der Waals surface area contributed by atoms with Crippen molar-refractivity contribution in [2.24, 2.45) is 5.84 Å². The Morgan fingerprint density at radius 3 is 2.68 bits per heavy atom. The number of carbonyl (C=O) groups is 1. The lowest BCUT2D eigenvalue weighted by atomic mass is 10.2. The number of hydrogen-bond donors (Lipinski definition) is 2. The van der Waals surface area contributed by atoms with Crippen molar-refractivity contribution in [1.82, 2.24) is 5.43 Å². The Morgan fingerprint density at radius 1 is 1.47 bits per heavy atom. The number of nitriles is 1. The topological polar surface area (TPSA) is 97.4 Å². The van der Waals surface area contributed by atoms with Gasteiger partial charge in [-0.15, -0.1) is 0 Å². The average molecular weight is 263 g/mol. The molecule has 1 aromatic carbocycles. The van der Waals surface area contributed by atoms with Gasteiger partial charge in [0.2, 0.25) is 0 Å². The zero-order valence-corrected chi connectivity index (χ0v) is 11.0. The molecule has 1 amide bonds. The number of rotatable bonds is 6. The SMILES string of the molecule is CCCC(Oc1cc(C#N)cc(OC)c1)C(=O)NN. The number of methoxy groups -OCH3 is 1. The molecule has 1 aromatic rings. The summed E-state index contributed by atoms with van der Waals surface area (Å²) >= 11 is 0. The van der Waals surface area contributed by atoms with Crippen molar-refractivity contribution in [3.05, 3.63) is 23.8 Å². The molecule has 0 saturated heterocycles. The smallest absolute Gasteiger partial charge is 0.274 e. The molecule has 0 aliphatic heterocycles. The highest BCUT2D eigenvalue weighted by Gasteiger charge is 2.19. The molecule has 0 aromatic heterocycles. The van der Waals surface area contributed by atoms with Crippen molar-refractivity contribution in [2.45, 2.75) is 25.9 Å². The molecule has 6 heteroatoms. The van der Waals surface area contributed by atoms with Gasteiger partial charge in [0.1, 0.15) is 11.5 Å². The number of ether oxygens (including phenoxy) is 2. The minimum atomic E-state index is -0.686. The fourth-order valence-electron chi connectivity index (χ4n) is 1.59. The lowest BCUT2D eigenvalue weighted by Crippen LogP contribution is -2.42. The zero-order valence-electron chi connectivity index (χ0n) is 11.0. The number of carbonyl (C=O) groups excluding carboxylic acids is 1. The molecular weight excluding hydrogens is 246 g/mol. The van der Waals surface area contributed by atoms with Crippen molar-refractivity contribution in [2.75, 3.05) is 7.11 Å². The predicted molar refractivity (Wildman–Crippen MR) is 69.4 cm³/mol. The maximum Gasteiger partial charge on any atom is 0.274 e. The molecule has 0 radical (unpaired) electrons. The first kappa shape index (κ1) is 14.8. The summed E-state index contributed by atoms with van der Waals surface area (Å²) in [6.45, 7) is 1.94. The van der Waals surface area contributed by atoms with Gasteiger partial charge in [0.05, 0.1) is 18.7 Å². The largest absolute Gasteiger partial charge is 0.497 e. The molecule has 0 aliphatic rings. The van der Waals surface area contributed by atoms with Crippen molar-refractivity contribution in [3.8, 4) is 17.6 Å². The lowest BCUT2D eigenvalue weighted by Gasteiger charge is -2.17. The van der Waals surface area contributed by atoms with Crippen molar-refractivity contribution in [1.29, 1.82) is 5.26 Å². The summed E-state index contributed by atoms with van der Waals surface area (Å²) in [5.74, 6) is 5.61. The molecule has 1 atom stereocenters. The minimum Gasteiger partial charge on any atom is -0.497 e. The van der Waals surface area contributed by atoms with Gasteiger partial charge < -0.3 is 9.47 Å². The van der Waals surface area contributed by atoms with E-state index in [1.54, 1.807) is 18.2 Å². The minimum absolute atomic E-state index is 0.400. The van der Waals surface area contributed by atoms with Crippen molar-refractivity contribution in [3.63, 3.8) is 0 Å². The second-order valence-electron chi connectivity index (χ2n) is 3.91. The second kappa shape index (κ2) is 7.24. The molecule has 102 valence electrons. The number of hydrazine groups is 1. The standard InChI is InChI=1S/C13H17N3O3/c1-3-4-12(13(17)16-15)19-11-6-9(8-14)5-10(7-11)18-2/h5-7,12H,3-4,15H2,1-2H3,(H,16,17). The Labute approximate surface area is 112 Å². The Kier molecular flexibility index (Phi) is 5.64. The van der Waals surface area contributed by atoms with Crippen LogP contribution < -0.4 is 20.7 Å². The molecular formula is C13H17N3O3. The summed E-state index contributed by atoms with van der Waals surface area (Å²) in [5, 5.41) is 8.91. The first-order chi connectivity index (χ1) is 9.14. The maximum absolute atomic E-state index is 11.6. The molecule has 0 aliphatic carbocycles. The molecule has 0 heterocycles. The zero-order chi connectivity index (χ0) is 14.3. The Morgan fingerprint density at radius 2 is 2.16 bits per heavy atom. The van der Waals surface area contributed by atoms with Crippen LogP contribution in [0.2, 0.25) is 0 Å². The molecule has 0 saturated carbocycles. The first-order valence-corrected chi connectivity index (χ1v) is 5.90. The first-order valence-electron chi connectivity index (χ1n) is 5.90. The Hall–Kier alpha value is -2.26. The number of amides is 1. The monoisotopic (exact) mass is 263 g/mol. The van der Waals surface area contributed by atoms with E-state index >= 15 is 0 Å². The maximum atomic E-state index is 11.6. The molecule has 0 bridgehead atoms. The third kappa shape index (κ3) is 4.16. The van der Waals surface area contributed by atoms with Crippen LogP contribution in [0.15, 0.2) is 18.2 Å². The third-order valence-corrected chi connectivity index (χ3v) is 2.51. The summed E-state index contributed by atoms with van der Waals surface area (Å²) < 4.78 is 10.6. The van der Waals surface area contributed by atoms with Crippen LogP contribution in [-0.4, -0.2) is 19.1 Å². The Bertz CT molecular complexity index is 483. The van der Waals surface area contributed by atoms with Gasteiger partial charge in [0.25, 0.3) is 5.91 Å². The number of hydrogen-bond acceptors (Lipinski definition) is 5. The van der Waals surface area contributed by atoms with Crippen molar-refractivity contribution >= 4 is 5.91 Å². The molecule has 1 rings (SSSR count). The lowest BCUT2D eigenvalue weighted by molar-refractivity contribution is -0.128. The molecule has 0 spiro atoms. The fraction of sp³-hybridized carbons (Fsp3) is 0.385. The molecule has 3 N–H and O–H groups in total. The van der Waals surface area contributed by atoms with Crippen LogP contribution in [0.3, 0.4) is 0 Å². The van der Waals surface area contributed by atoms with Crippen LogP contribution in [0.25, 0.3) is 0 Å². The van der Waals surface area contributed by atoms with E-state index in [0.717, 1.165) is 6.42 Å². The fourth-order valence-corrected chi connectivity index (χ4v) is 1.59. The second-order valence-corrected chi connectivity index (χ2v) is 3.91. The number of nitrogens with zero attached hydrogens (tertiary/aromatic N) is 1. The van der Waals surface area contributed by atoms with Crippen LogP contribution in [0, 0.1) is 11.3 Å². The number of benzene rings is 1. The summed E-state index contributed by atoms with van der Waals surface area (Å²) in [6, 6.07) is 6.76. The van der Waals surface area contributed by atoms with Gasteiger partial charge in [-0.3, -0.25) is 10.2 Å². The van der Waals surface area contributed by atoms with Gasteiger partial charge in [-0.1, -0.05) is 13.3 Å². The van der Waals surface area contributed by atoms with Gasteiger partial charge in [0.15, 0.2) is 6.10 Å². The van der Waals surface area contributed by atoms with Crippen LogP contribution in [0.4, 0.5) is 0 Å². The van der Waals surface area contributed by atoms with E-state index < -0.39 is 12.0 Å².